The van der Waals surface area contributed by atoms with Crippen molar-refractivity contribution in [2.45, 2.75) is 91.8 Å². The van der Waals surface area contributed by atoms with Crippen LogP contribution in [0.5, 0.6) is 0 Å². The number of ether oxygens (including phenoxy) is 3. The van der Waals surface area contributed by atoms with Crippen LogP contribution in [-0.4, -0.2) is 37.4 Å². The zero-order valence-corrected chi connectivity index (χ0v) is 22.5. The minimum absolute atomic E-state index is 0.187. The lowest BCUT2D eigenvalue weighted by molar-refractivity contribution is -0.157. The van der Waals surface area contributed by atoms with Crippen molar-refractivity contribution in [1.82, 2.24) is 0 Å². The molecule has 0 N–H and O–H groups in total. The predicted molar refractivity (Wildman–Crippen MR) is 141 cm³/mol. The van der Waals surface area contributed by atoms with Crippen LogP contribution in [0.3, 0.4) is 0 Å². The van der Waals surface area contributed by atoms with E-state index < -0.39 is 0 Å². The molecule has 0 fully saturated rings. The Hall–Kier alpha value is -1.17. The summed E-state index contributed by atoms with van der Waals surface area (Å²) in [4.78, 5) is 11.7. The molecule has 0 aromatic heterocycles. The average Bonchev–Trinajstić information content (AvgIpc) is 2.81. The van der Waals surface area contributed by atoms with E-state index in [0.29, 0.717) is 32.7 Å². The van der Waals surface area contributed by atoms with Gasteiger partial charge in [-0.2, -0.15) is 0 Å². The fourth-order valence-corrected chi connectivity index (χ4v) is 2.26. The van der Waals surface area contributed by atoms with Crippen molar-refractivity contribution in [1.29, 1.82) is 0 Å². The highest BCUT2D eigenvalue weighted by Gasteiger charge is 2.12. The topological polar surface area (TPSA) is 44.8 Å². The van der Waals surface area contributed by atoms with Crippen LogP contribution < -0.4 is 0 Å². The molecule has 1 atom stereocenters. The summed E-state index contributed by atoms with van der Waals surface area (Å²) in [5, 5.41) is 1.13. The third-order valence-electron chi connectivity index (χ3n) is 3.93. The highest BCUT2D eigenvalue weighted by Crippen LogP contribution is 2.08. The quantitative estimate of drug-likeness (QED) is 0.0573. The van der Waals surface area contributed by atoms with E-state index in [9.17, 15) is 4.79 Å². The van der Waals surface area contributed by atoms with Crippen LogP contribution in [0.1, 0.15) is 85.5 Å². The maximum atomic E-state index is 11.7. The first-order valence-electron chi connectivity index (χ1n) is 12.2. The van der Waals surface area contributed by atoms with Gasteiger partial charge in [0.2, 0.25) is 0 Å². The molecule has 0 saturated heterocycles. The Labute approximate surface area is 206 Å². The Morgan fingerprint density at radius 3 is 1.88 bits per heavy atom. The summed E-state index contributed by atoms with van der Waals surface area (Å²) < 4.78 is 16.8. The second-order valence-corrected chi connectivity index (χ2v) is 7.85. The van der Waals surface area contributed by atoms with Gasteiger partial charge in [-0.15, -0.1) is 0 Å². The SMILES string of the molecule is C/C=C/C/C=C/CCOC(CCC(=O)OCCC)OCC/C=C/C/C=C/CC.CCCBr. The second-order valence-electron chi connectivity index (χ2n) is 7.06. The molecule has 0 amide bonds. The lowest BCUT2D eigenvalue weighted by atomic mass is 10.3. The van der Waals surface area contributed by atoms with Crippen LogP contribution in [-0.2, 0) is 19.0 Å². The largest absolute Gasteiger partial charge is 0.466 e. The molecule has 0 aliphatic rings. The van der Waals surface area contributed by atoms with Crippen molar-refractivity contribution in [2.75, 3.05) is 25.2 Å². The van der Waals surface area contributed by atoms with Crippen molar-refractivity contribution < 1.29 is 19.0 Å². The van der Waals surface area contributed by atoms with Crippen LogP contribution in [0.25, 0.3) is 0 Å². The standard InChI is InChI=1S/C24H40O4.C3H7Br/c1-4-7-9-11-13-15-17-22-28-24(19-18-23(25)26-20-6-3)27-21-16-14-12-10-8-5-2;1-2-3-4/h5,7-9,12-15,24H,4,6,10-11,16-22H2,1-3H3;2-3H2,1H3/b8-5+,9-7+,14-12+,15-13+;. The van der Waals surface area contributed by atoms with E-state index in [1.807, 2.05) is 19.9 Å². The van der Waals surface area contributed by atoms with E-state index >= 15 is 0 Å². The van der Waals surface area contributed by atoms with Crippen LogP contribution in [0.4, 0.5) is 0 Å². The van der Waals surface area contributed by atoms with Crippen molar-refractivity contribution in [3.05, 3.63) is 48.6 Å². The van der Waals surface area contributed by atoms with Crippen LogP contribution in [0.15, 0.2) is 48.6 Å². The molecule has 0 aromatic rings. The van der Waals surface area contributed by atoms with E-state index in [0.717, 1.165) is 43.9 Å². The fraction of sp³-hybridized carbons (Fsp3) is 0.667. The summed E-state index contributed by atoms with van der Waals surface area (Å²) >= 11 is 3.25. The first-order chi connectivity index (χ1) is 15.7. The summed E-state index contributed by atoms with van der Waals surface area (Å²) in [6, 6.07) is 0. The third-order valence-corrected chi connectivity index (χ3v) is 4.73. The van der Waals surface area contributed by atoms with E-state index in [1.165, 1.54) is 6.42 Å². The van der Waals surface area contributed by atoms with Gasteiger partial charge >= 0.3 is 5.97 Å². The Balaban J connectivity index is 0. The number of hydrogen-bond donors (Lipinski definition) is 0. The fourth-order valence-electron chi connectivity index (χ4n) is 2.26. The van der Waals surface area contributed by atoms with Crippen molar-refractivity contribution >= 4 is 21.9 Å². The molecular formula is C27H47BrO4. The molecule has 0 spiro atoms. The maximum Gasteiger partial charge on any atom is 0.305 e. The minimum Gasteiger partial charge on any atom is -0.466 e. The molecule has 186 valence electrons. The number of carbonyl (C=O) groups is 1. The molecule has 0 aliphatic carbocycles. The van der Waals surface area contributed by atoms with Crippen molar-refractivity contribution in [3.63, 3.8) is 0 Å². The summed E-state index contributed by atoms with van der Waals surface area (Å²) in [5.74, 6) is -0.187. The molecule has 0 rings (SSSR count). The number of esters is 1. The first kappa shape index (κ1) is 33.0. The molecule has 5 heteroatoms. The smallest absolute Gasteiger partial charge is 0.305 e. The minimum atomic E-state index is -0.369. The maximum absolute atomic E-state index is 11.7. The first-order valence-corrected chi connectivity index (χ1v) is 13.3. The van der Waals surface area contributed by atoms with Gasteiger partial charge in [-0.1, -0.05) is 85.3 Å². The number of hydrogen-bond acceptors (Lipinski definition) is 4. The van der Waals surface area contributed by atoms with Gasteiger partial charge in [-0.3, -0.25) is 4.79 Å². The van der Waals surface area contributed by atoms with Crippen LogP contribution in [0.2, 0.25) is 0 Å². The van der Waals surface area contributed by atoms with Gasteiger partial charge in [-0.05, 0) is 51.9 Å². The zero-order valence-electron chi connectivity index (χ0n) is 20.9. The highest BCUT2D eigenvalue weighted by atomic mass is 79.9. The van der Waals surface area contributed by atoms with Crippen molar-refractivity contribution in [2.24, 2.45) is 0 Å². The van der Waals surface area contributed by atoms with Gasteiger partial charge in [0.1, 0.15) is 0 Å². The number of rotatable bonds is 19. The van der Waals surface area contributed by atoms with Gasteiger partial charge in [0.15, 0.2) is 6.29 Å². The summed E-state index contributed by atoms with van der Waals surface area (Å²) in [6.45, 7) is 9.90. The average molecular weight is 516 g/mol. The van der Waals surface area contributed by atoms with E-state index in [4.69, 9.17) is 14.2 Å². The molecule has 4 nitrogen and oxygen atoms in total. The Morgan fingerprint density at radius 1 is 0.812 bits per heavy atom. The number of carbonyl (C=O) groups excluding carboxylic acids is 1. The monoisotopic (exact) mass is 514 g/mol. The predicted octanol–water partition coefficient (Wildman–Crippen LogP) is 8.09. The van der Waals surface area contributed by atoms with E-state index in [2.05, 4.69) is 72.3 Å². The Morgan fingerprint density at radius 2 is 1.38 bits per heavy atom. The lowest BCUT2D eigenvalue weighted by Crippen LogP contribution is -2.20. The summed E-state index contributed by atoms with van der Waals surface area (Å²) in [6.07, 6.45) is 24.2. The van der Waals surface area contributed by atoms with E-state index in [1.54, 1.807) is 0 Å². The number of alkyl halides is 1. The molecule has 32 heavy (non-hydrogen) atoms. The Bertz CT molecular complexity index is 496. The van der Waals surface area contributed by atoms with Gasteiger partial charge in [-0.25, -0.2) is 0 Å². The molecular weight excluding hydrogens is 468 g/mol. The number of allylic oxidation sites excluding steroid dienone is 6. The number of halogens is 1. The van der Waals surface area contributed by atoms with Crippen LogP contribution >= 0.6 is 15.9 Å². The molecule has 0 aromatic carbocycles. The van der Waals surface area contributed by atoms with Gasteiger partial charge in [0.05, 0.1) is 26.2 Å². The van der Waals surface area contributed by atoms with Gasteiger partial charge in [0, 0.05) is 11.8 Å². The third kappa shape index (κ3) is 28.8. The van der Waals surface area contributed by atoms with E-state index in [-0.39, 0.29) is 12.3 Å². The van der Waals surface area contributed by atoms with Gasteiger partial charge < -0.3 is 14.2 Å². The molecule has 0 aliphatic heterocycles. The summed E-state index contributed by atoms with van der Waals surface area (Å²) in [7, 11) is 0. The molecule has 0 heterocycles. The van der Waals surface area contributed by atoms with Gasteiger partial charge in [0.25, 0.3) is 0 Å². The van der Waals surface area contributed by atoms with Crippen LogP contribution in [0, 0.1) is 0 Å². The summed E-state index contributed by atoms with van der Waals surface area (Å²) in [5.41, 5.74) is 0. The lowest BCUT2D eigenvalue weighted by Gasteiger charge is -2.17. The normalized spacial score (nSPS) is 12.7. The molecule has 0 bridgehead atoms. The molecule has 0 radical (unpaired) electrons. The molecule has 1 unspecified atom stereocenters. The highest BCUT2D eigenvalue weighted by molar-refractivity contribution is 9.09. The van der Waals surface area contributed by atoms with Crippen molar-refractivity contribution in [3.8, 4) is 0 Å². The second kappa shape index (κ2) is 29.8. The molecule has 0 saturated carbocycles. The zero-order chi connectivity index (χ0) is 24.1. The Kier molecular flexibility index (Phi) is 30.8.